The molecular weight excluding hydrogens is 263 g/mol. The number of nitrogens with zero attached hydrogens (tertiary/aromatic N) is 2. The van der Waals surface area contributed by atoms with Crippen molar-refractivity contribution >= 4 is 23.0 Å². The van der Waals surface area contributed by atoms with Gasteiger partial charge in [0.05, 0.1) is 10.6 Å². The van der Waals surface area contributed by atoms with Crippen molar-refractivity contribution in [2.45, 2.75) is 6.92 Å². The highest BCUT2D eigenvalue weighted by Crippen LogP contribution is 2.28. The Morgan fingerprint density at radius 2 is 2.05 bits per heavy atom. The maximum absolute atomic E-state index is 13.7. The van der Waals surface area contributed by atoms with Gasteiger partial charge in [0.15, 0.2) is 0 Å². The van der Waals surface area contributed by atoms with Crippen molar-refractivity contribution < 1.29 is 9.31 Å². The summed E-state index contributed by atoms with van der Waals surface area (Å²) in [4.78, 5) is 14.5. The number of aromatic nitrogens is 1. The zero-order chi connectivity index (χ0) is 14.7. The number of benzene rings is 1. The summed E-state index contributed by atoms with van der Waals surface area (Å²) in [6, 6.07) is 7.27. The van der Waals surface area contributed by atoms with Crippen LogP contribution in [-0.2, 0) is 0 Å². The summed E-state index contributed by atoms with van der Waals surface area (Å²) in [7, 11) is 1.64. The molecule has 0 bridgehead atoms. The largest absolute Gasteiger partial charge is 0.373 e. The molecule has 2 aromatic rings. The molecule has 0 aliphatic carbocycles. The molecule has 6 nitrogen and oxygen atoms in total. The van der Waals surface area contributed by atoms with Crippen LogP contribution in [-0.4, -0.2) is 17.0 Å². The standard InChI is InChI=1S/C13H13FN4O2/c1-8-3-4-9(14)10(7-8)16-13-11(18(19)20)5-6-12(15-2)17-13/h3-7H,1-2H3,(H2,15,16,17). The van der Waals surface area contributed by atoms with Crippen molar-refractivity contribution in [2.75, 3.05) is 17.7 Å². The van der Waals surface area contributed by atoms with Gasteiger partial charge in [0.25, 0.3) is 0 Å². The molecule has 0 saturated heterocycles. The summed E-state index contributed by atoms with van der Waals surface area (Å²) in [5, 5.41) is 16.4. The van der Waals surface area contributed by atoms with Crippen molar-refractivity contribution in [2.24, 2.45) is 0 Å². The number of pyridine rings is 1. The van der Waals surface area contributed by atoms with Crippen LogP contribution < -0.4 is 10.6 Å². The van der Waals surface area contributed by atoms with E-state index in [-0.39, 0.29) is 17.2 Å². The summed E-state index contributed by atoms with van der Waals surface area (Å²) in [6.45, 7) is 1.80. The summed E-state index contributed by atoms with van der Waals surface area (Å²) in [5.74, 6) is -0.0564. The number of nitrogens with one attached hydrogen (secondary N) is 2. The monoisotopic (exact) mass is 276 g/mol. The summed E-state index contributed by atoms with van der Waals surface area (Å²) >= 11 is 0. The SMILES string of the molecule is CNc1ccc([N+](=O)[O-])c(Nc2cc(C)ccc2F)n1. The van der Waals surface area contributed by atoms with Crippen molar-refractivity contribution in [3.8, 4) is 0 Å². The molecule has 104 valence electrons. The Morgan fingerprint density at radius 3 is 2.70 bits per heavy atom. The molecule has 0 fully saturated rings. The van der Waals surface area contributed by atoms with Crippen LogP contribution in [0.4, 0.5) is 27.4 Å². The summed E-state index contributed by atoms with van der Waals surface area (Å²) in [6.07, 6.45) is 0. The molecule has 0 aliphatic heterocycles. The third kappa shape index (κ3) is 2.82. The van der Waals surface area contributed by atoms with E-state index >= 15 is 0 Å². The third-order valence-corrected chi connectivity index (χ3v) is 2.70. The number of hydrogen-bond acceptors (Lipinski definition) is 5. The number of nitro groups is 1. The number of rotatable bonds is 4. The zero-order valence-corrected chi connectivity index (χ0v) is 11.0. The van der Waals surface area contributed by atoms with Crippen molar-refractivity contribution in [3.63, 3.8) is 0 Å². The quantitative estimate of drug-likeness (QED) is 0.662. The average Bonchev–Trinajstić information content (AvgIpc) is 2.42. The van der Waals surface area contributed by atoms with Gasteiger partial charge in [0.1, 0.15) is 11.6 Å². The lowest BCUT2D eigenvalue weighted by Gasteiger charge is -2.09. The fourth-order valence-corrected chi connectivity index (χ4v) is 1.69. The first-order valence-corrected chi connectivity index (χ1v) is 5.87. The van der Waals surface area contributed by atoms with Gasteiger partial charge in [-0.3, -0.25) is 10.1 Å². The maximum atomic E-state index is 13.7. The molecule has 0 aliphatic rings. The third-order valence-electron chi connectivity index (χ3n) is 2.70. The topological polar surface area (TPSA) is 80.1 Å². The fraction of sp³-hybridized carbons (Fsp3) is 0.154. The molecule has 0 saturated carbocycles. The van der Waals surface area contributed by atoms with Crippen LogP contribution in [0.5, 0.6) is 0 Å². The molecular formula is C13H13FN4O2. The van der Waals surface area contributed by atoms with E-state index in [1.807, 2.05) is 0 Å². The number of anilines is 3. The molecule has 0 amide bonds. The predicted molar refractivity (Wildman–Crippen MR) is 74.9 cm³/mol. The van der Waals surface area contributed by atoms with E-state index in [4.69, 9.17) is 0 Å². The molecule has 2 N–H and O–H groups in total. The first kappa shape index (κ1) is 13.7. The first-order valence-electron chi connectivity index (χ1n) is 5.87. The van der Waals surface area contributed by atoms with Crippen LogP contribution in [0.25, 0.3) is 0 Å². The second kappa shape index (κ2) is 5.52. The van der Waals surface area contributed by atoms with Gasteiger partial charge < -0.3 is 10.6 Å². The average molecular weight is 276 g/mol. The minimum atomic E-state index is -0.567. The van der Waals surface area contributed by atoms with Crippen LogP contribution in [0, 0.1) is 22.9 Å². The fourth-order valence-electron chi connectivity index (χ4n) is 1.69. The predicted octanol–water partition coefficient (Wildman–Crippen LogP) is 3.22. The Kier molecular flexibility index (Phi) is 3.79. The van der Waals surface area contributed by atoms with Crippen LogP contribution in [0.1, 0.15) is 5.56 Å². The van der Waals surface area contributed by atoms with Crippen LogP contribution >= 0.6 is 0 Å². The lowest BCUT2D eigenvalue weighted by molar-refractivity contribution is -0.384. The van der Waals surface area contributed by atoms with E-state index in [0.29, 0.717) is 5.82 Å². The Bertz CT molecular complexity index is 661. The van der Waals surface area contributed by atoms with E-state index in [0.717, 1.165) is 5.56 Å². The highest BCUT2D eigenvalue weighted by atomic mass is 19.1. The van der Waals surface area contributed by atoms with Crippen molar-refractivity contribution in [1.82, 2.24) is 4.98 Å². The number of hydrogen-bond donors (Lipinski definition) is 2. The maximum Gasteiger partial charge on any atom is 0.311 e. The van der Waals surface area contributed by atoms with Gasteiger partial charge in [-0.1, -0.05) is 6.07 Å². The number of aryl methyl sites for hydroxylation is 1. The second-order valence-electron chi connectivity index (χ2n) is 4.18. The van der Waals surface area contributed by atoms with Gasteiger partial charge >= 0.3 is 5.69 Å². The molecule has 0 atom stereocenters. The Balaban J connectivity index is 2.45. The Hall–Kier alpha value is -2.70. The van der Waals surface area contributed by atoms with Gasteiger partial charge in [-0.05, 0) is 30.7 Å². The molecule has 0 radical (unpaired) electrons. The van der Waals surface area contributed by atoms with E-state index < -0.39 is 10.7 Å². The van der Waals surface area contributed by atoms with E-state index in [2.05, 4.69) is 15.6 Å². The van der Waals surface area contributed by atoms with E-state index in [1.54, 1.807) is 26.1 Å². The first-order chi connectivity index (χ1) is 9.51. The Morgan fingerprint density at radius 1 is 1.30 bits per heavy atom. The summed E-state index contributed by atoms with van der Waals surface area (Å²) < 4.78 is 13.7. The molecule has 1 heterocycles. The minimum Gasteiger partial charge on any atom is -0.373 e. The Labute approximate surface area is 114 Å². The van der Waals surface area contributed by atoms with E-state index in [9.17, 15) is 14.5 Å². The highest BCUT2D eigenvalue weighted by Gasteiger charge is 2.17. The number of halogens is 1. The van der Waals surface area contributed by atoms with Gasteiger partial charge in [0, 0.05) is 13.1 Å². The van der Waals surface area contributed by atoms with Gasteiger partial charge in [-0.15, -0.1) is 0 Å². The minimum absolute atomic E-state index is 0.00801. The van der Waals surface area contributed by atoms with Crippen LogP contribution in [0.2, 0.25) is 0 Å². The van der Waals surface area contributed by atoms with Crippen LogP contribution in [0.15, 0.2) is 30.3 Å². The molecule has 0 unspecified atom stereocenters. The molecule has 2 rings (SSSR count). The van der Waals surface area contributed by atoms with Crippen molar-refractivity contribution in [3.05, 3.63) is 51.8 Å². The van der Waals surface area contributed by atoms with Crippen molar-refractivity contribution in [1.29, 1.82) is 0 Å². The summed E-state index contributed by atoms with van der Waals surface area (Å²) in [5.41, 5.74) is 0.764. The molecule has 1 aromatic heterocycles. The van der Waals surface area contributed by atoms with Crippen LogP contribution in [0.3, 0.4) is 0 Å². The molecule has 1 aromatic carbocycles. The lowest BCUT2D eigenvalue weighted by Crippen LogP contribution is -2.03. The zero-order valence-electron chi connectivity index (χ0n) is 11.0. The second-order valence-corrected chi connectivity index (χ2v) is 4.18. The molecule has 20 heavy (non-hydrogen) atoms. The smallest absolute Gasteiger partial charge is 0.311 e. The van der Waals surface area contributed by atoms with E-state index in [1.165, 1.54) is 18.2 Å². The highest BCUT2D eigenvalue weighted by molar-refractivity contribution is 5.68. The van der Waals surface area contributed by atoms with Gasteiger partial charge in [-0.25, -0.2) is 9.37 Å². The van der Waals surface area contributed by atoms with Gasteiger partial charge in [-0.2, -0.15) is 0 Å². The molecule has 7 heteroatoms. The lowest BCUT2D eigenvalue weighted by atomic mass is 10.2. The van der Waals surface area contributed by atoms with Gasteiger partial charge in [0.2, 0.25) is 5.82 Å². The normalized spacial score (nSPS) is 10.2. The molecule has 0 spiro atoms.